The van der Waals surface area contributed by atoms with Gasteiger partial charge in [-0.3, -0.25) is 28.7 Å². The van der Waals surface area contributed by atoms with Gasteiger partial charge in [0, 0.05) is 36.4 Å². The van der Waals surface area contributed by atoms with Crippen molar-refractivity contribution < 1.29 is 38.3 Å². The molecule has 0 saturated carbocycles. The number of methoxy groups -OCH3 is 2. The molecule has 2 aromatic heterocycles. The van der Waals surface area contributed by atoms with Crippen molar-refractivity contribution in [1.29, 1.82) is 0 Å². The van der Waals surface area contributed by atoms with Gasteiger partial charge in [-0.1, -0.05) is 54.6 Å². The number of hydrogen-bond donors (Lipinski definition) is 3. The highest BCUT2D eigenvalue weighted by molar-refractivity contribution is 5.49. The molecule has 0 amide bonds. The summed E-state index contributed by atoms with van der Waals surface area (Å²) in [7, 11) is 3.20. The van der Waals surface area contributed by atoms with E-state index in [0.29, 0.717) is 22.6 Å². The highest BCUT2D eigenvalue weighted by Gasteiger charge is 2.43. The van der Waals surface area contributed by atoms with Crippen LogP contribution in [-0.4, -0.2) is 82.9 Å². The number of ether oxygens (including phenoxy) is 7. The molecular formula is C42H46N4O12. The quantitative estimate of drug-likeness (QED) is 0.104. The molecule has 0 spiro atoms. The number of aryl methyl sites for hydroxylation is 2. The summed E-state index contributed by atoms with van der Waals surface area (Å²) < 4.78 is 45.3. The minimum absolute atomic E-state index is 0.00783. The van der Waals surface area contributed by atoms with Crippen molar-refractivity contribution in [3.63, 3.8) is 0 Å². The molecule has 3 aromatic carbocycles. The molecule has 0 radical (unpaired) electrons. The van der Waals surface area contributed by atoms with E-state index in [9.17, 15) is 24.3 Å². The Morgan fingerprint density at radius 1 is 0.690 bits per heavy atom. The summed E-state index contributed by atoms with van der Waals surface area (Å²) in [5.41, 5.74) is -0.330. The number of nitrogens with one attached hydrogen (secondary N) is 2. The Morgan fingerprint density at radius 2 is 1.19 bits per heavy atom. The molecule has 16 nitrogen and oxygen atoms in total. The molecular weight excluding hydrogens is 752 g/mol. The summed E-state index contributed by atoms with van der Waals surface area (Å²) in [5, 5.41) is 10.7. The zero-order valence-electron chi connectivity index (χ0n) is 32.5. The zero-order chi connectivity index (χ0) is 41.0. The van der Waals surface area contributed by atoms with Gasteiger partial charge >= 0.3 is 11.4 Å². The number of aromatic amines is 2. The first-order valence-electron chi connectivity index (χ1n) is 18.9. The number of aliphatic hydroxyl groups is 1. The molecule has 0 aliphatic carbocycles. The Kier molecular flexibility index (Phi) is 12.2. The summed E-state index contributed by atoms with van der Waals surface area (Å²) in [6, 6.07) is 25.0. The van der Waals surface area contributed by atoms with Crippen molar-refractivity contribution in [3.8, 4) is 11.5 Å². The van der Waals surface area contributed by atoms with E-state index in [-0.39, 0.29) is 32.7 Å². The van der Waals surface area contributed by atoms with E-state index in [1.165, 1.54) is 21.5 Å². The maximum Gasteiger partial charge on any atom is 0.330 e. The molecule has 2 aliphatic heterocycles. The largest absolute Gasteiger partial charge is 0.497 e. The Balaban J connectivity index is 1.14. The van der Waals surface area contributed by atoms with Crippen LogP contribution in [0.2, 0.25) is 0 Å². The lowest BCUT2D eigenvalue weighted by molar-refractivity contribution is -0.186. The summed E-state index contributed by atoms with van der Waals surface area (Å²) in [6.45, 7) is 3.19. The molecule has 3 N–H and O–H groups in total. The third-order valence-corrected chi connectivity index (χ3v) is 10.5. The third-order valence-electron chi connectivity index (χ3n) is 10.5. The van der Waals surface area contributed by atoms with Gasteiger partial charge in [-0.15, -0.1) is 0 Å². The first-order valence-corrected chi connectivity index (χ1v) is 18.9. The second-order valence-electron chi connectivity index (χ2n) is 14.2. The molecule has 2 aliphatic rings. The third kappa shape index (κ3) is 8.34. The van der Waals surface area contributed by atoms with E-state index in [1.54, 1.807) is 28.1 Å². The van der Waals surface area contributed by atoms with Crippen LogP contribution < -0.4 is 32.0 Å². The van der Waals surface area contributed by atoms with Gasteiger partial charge in [-0.25, -0.2) is 9.59 Å². The van der Waals surface area contributed by atoms with E-state index >= 15 is 0 Å². The molecule has 58 heavy (non-hydrogen) atoms. The Morgan fingerprint density at radius 3 is 1.72 bits per heavy atom. The van der Waals surface area contributed by atoms with Crippen LogP contribution in [0.3, 0.4) is 0 Å². The van der Waals surface area contributed by atoms with Crippen LogP contribution in [0.4, 0.5) is 0 Å². The maximum absolute atomic E-state index is 13.0. The molecule has 0 unspecified atom stereocenters. The van der Waals surface area contributed by atoms with Gasteiger partial charge in [0.2, 0.25) is 0 Å². The molecule has 4 heterocycles. The fourth-order valence-corrected chi connectivity index (χ4v) is 7.39. The van der Waals surface area contributed by atoms with Crippen LogP contribution >= 0.6 is 0 Å². The van der Waals surface area contributed by atoms with Crippen molar-refractivity contribution in [2.24, 2.45) is 0 Å². The zero-order valence-corrected chi connectivity index (χ0v) is 32.5. The Bertz CT molecular complexity index is 2360. The number of nitrogens with zero attached hydrogens (tertiary/aromatic N) is 2. The minimum atomic E-state index is -1.17. The molecule has 2 fully saturated rings. The fourth-order valence-electron chi connectivity index (χ4n) is 7.39. The molecule has 306 valence electrons. The maximum atomic E-state index is 13.0. The van der Waals surface area contributed by atoms with Gasteiger partial charge < -0.3 is 38.3 Å². The van der Waals surface area contributed by atoms with Crippen molar-refractivity contribution in [2.75, 3.05) is 34.0 Å². The second kappa shape index (κ2) is 17.5. The molecule has 6 atom stereocenters. The first-order chi connectivity index (χ1) is 28.0. The van der Waals surface area contributed by atoms with E-state index in [4.69, 9.17) is 33.2 Å². The lowest BCUT2D eigenvalue weighted by atomic mass is 9.80. The van der Waals surface area contributed by atoms with Crippen LogP contribution in [0.25, 0.3) is 0 Å². The fraction of sp³-hybridized carbons (Fsp3) is 0.381. The first kappa shape index (κ1) is 40.6. The normalized spacial score (nSPS) is 21.9. The van der Waals surface area contributed by atoms with Crippen LogP contribution in [0.1, 0.15) is 53.1 Å². The average Bonchev–Trinajstić information content (AvgIpc) is 3.82. The highest BCUT2D eigenvalue weighted by atomic mass is 16.7. The van der Waals surface area contributed by atoms with E-state index in [0.717, 1.165) is 16.7 Å². The number of aliphatic hydroxyl groups excluding tert-OH is 1. The van der Waals surface area contributed by atoms with E-state index < -0.39 is 65.2 Å². The molecule has 7 rings (SSSR count). The van der Waals surface area contributed by atoms with Crippen molar-refractivity contribution in [2.45, 2.75) is 69.3 Å². The van der Waals surface area contributed by atoms with Gasteiger partial charge in [0.1, 0.15) is 41.8 Å². The van der Waals surface area contributed by atoms with Crippen LogP contribution in [0, 0.1) is 13.8 Å². The molecule has 5 aromatic rings. The standard InChI is InChI=1S/C42H46N4O12/c1-25-22-45(40(50)43-37(25)48)35-20-32(47)39(58-35)55-19-18-54-33-21-36(46-23-26(2)38(49)44-41(46)51)57-34(33)24-56-42(27-8-6-5-7-9-27,28-10-14-30(52-3)15-11-28)29-12-16-31(53-4)17-13-29/h5-17,22-23,32-36,39,47H,18-21,24H2,1-4H3,(H,43,48,50)(H,44,49,51)/t32-,33-,34+,35+,36+,39-/m0/s1. The van der Waals surface area contributed by atoms with Gasteiger partial charge in [0.25, 0.3) is 11.1 Å². The van der Waals surface area contributed by atoms with Crippen LogP contribution in [0.5, 0.6) is 11.5 Å². The van der Waals surface area contributed by atoms with E-state index in [2.05, 4.69) is 9.97 Å². The van der Waals surface area contributed by atoms with Crippen molar-refractivity contribution in [3.05, 3.63) is 161 Å². The van der Waals surface area contributed by atoms with Gasteiger partial charge in [-0.05, 0) is 54.8 Å². The lowest BCUT2D eigenvalue weighted by Gasteiger charge is -2.37. The van der Waals surface area contributed by atoms with E-state index in [1.807, 2.05) is 78.9 Å². The number of aromatic nitrogens is 4. The van der Waals surface area contributed by atoms with Crippen LogP contribution in [0.15, 0.2) is 110 Å². The number of H-pyrrole nitrogens is 2. The van der Waals surface area contributed by atoms with Gasteiger partial charge in [0.05, 0.1) is 40.1 Å². The molecule has 0 bridgehead atoms. The van der Waals surface area contributed by atoms with Gasteiger partial charge in [0.15, 0.2) is 6.29 Å². The number of hydrogen-bond acceptors (Lipinski definition) is 12. The summed E-state index contributed by atoms with van der Waals surface area (Å²) >= 11 is 0. The molecule has 2 saturated heterocycles. The number of benzene rings is 3. The summed E-state index contributed by atoms with van der Waals surface area (Å²) in [4.78, 5) is 54.2. The van der Waals surface area contributed by atoms with Crippen molar-refractivity contribution in [1.82, 2.24) is 19.1 Å². The van der Waals surface area contributed by atoms with Crippen molar-refractivity contribution >= 4 is 0 Å². The predicted molar refractivity (Wildman–Crippen MR) is 209 cm³/mol. The highest BCUT2D eigenvalue weighted by Crippen LogP contribution is 2.43. The number of rotatable bonds is 15. The smallest absolute Gasteiger partial charge is 0.330 e. The summed E-state index contributed by atoms with van der Waals surface area (Å²) in [5.74, 6) is 1.34. The van der Waals surface area contributed by atoms with Crippen LogP contribution in [-0.2, 0) is 29.3 Å². The monoisotopic (exact) mass is 798 g/mol. The summed E-state index contributed by atoms with van der Waals surface area (Å²) in [6.07, 6.45) is -2.00. The minimum Gasteiger partial charge on any atom is -0.497 e. The SMILES string of the molecule is COc1ccc(C(OC[C@H]2O[C@@H](n3cc(C)c(=O)[nH]c3=O)C[C@@H]2OCCO[C@H]2O[C@@H](n3cc(C)c(=O)[nH]c3=O)C[C@@H]2O)(c2ccccc2)c2ccc(OC)cc2)cc1. The lowest BCUT2D eigenvalue weighted by Crippen LogP contribution is -2.39. The predicted octanol–water partition coefficient (Wildman–Crippen LogP) is 3.02. The second-order valence-corrected chi connectivity index (χ2v) is 14.2. The average molecular weight is 799 g/mol. The van der Waals surface area contributed by atoms with Gasteiger partial charge in [-0.2, -0.15) is 0 Å². The topological polar surface area (TPSA) is 195 Å². The Hall–Kier alpha value is -5.62. The Labute approximate surface area is 332 Å². The molecule has 16 heteroatoms.